The fourth-order valence-electron chi connectivity index (χ4n) is 3.91. The number of hydrogen-bond donors (Lipinski definition) is 2. The number of hydrogen-bond acceptors (Lipinski definition) is 3. The van der Waals surface area contributed by atoms with Gasteiger partial charge in [0.2, 0.25) is 0 Å². The average Bonchev–Trinajstić information content (AvgIpc) is 2.69. The number of fused-ring (bicyclic) bond motifs is 2. The van der Waals surface area contributed by atoms with Crippen LogP contribution in [0.15, 0.2) is 15.2 Å². The molecule has 0 saturated heterocycles. The third-order valence-electron chi connectivity index (χ3n) is 4.77. The fourth-order valence-corrected chi connectivity index (χ4v) is 4.42. The lowest BCUT2D eigenvalue weighted by atomic mass is 9.67. The largest absolute Gasteiger partial charge is 0.444 e. The second kappa shape index (κ2) is 6.71. The molecule has 2 saturated carbocycles. The predicted molar refractivity (Wildman–Crippen MR) is 87.7 cm³/mol. The maximum atomic E-state index is 12.4. The van der Waals surface area contributed by atoms with Crippen LogP contribution in [0.3, 0.4) is 0 Å². The molecule has 0 spiro atoms. The van der Waals surface area contributed by atoms with E-state index in [-0.39, 0.29) is 24.4 Å². The van der Waals surface area contributed by atoms with E-state index in [4.69, 9.17) is 10.2 Å². The summed E-state index contributed by atoms with van der Waals surface area (Å²) in [7, 11) is 0. The Kier molecular flexibility index (Phi) is 5.38. The standard InChI is InChI=1S/C15H21BrN2O2.ClH/c1-8-5-12(16)20-14(8)15(19)18-13-9-3-2-4-10(13)7-11(17)6-9;/h5,9-11,13H,2-4,6-7,17H2,1H3,(H,18,19);1H. The summed E-state index contributed by atoms with van der Waals surface area (Å²) in [6.45, 7) is 1.89. The molecule has 118 valence electrons. The molecule has 2 bridgehead atoms. The van der Waals surface area contributed by atoms with Gasteiger partial charge in [-0.2, -0.15) is 0 Å². The van der Waals surface area contributed by atoms with Gasteiger partial charge < -0.3 is 15.5 Å². The summed E-state index contributed by atoms with van der Waals surface area (Å²) in [5, 5.41) is 3.20. The molecule has 2 unspecified atom stereocenters. The second-order valence-electron chi connectivity index (χ2n) is 6.24. The number of aryl methyl sites for hydroxylation is 1. The van der Waals surface area contributed by atoms with E-state index in [9.17, 15) is 4.79 Å². The molecule has 1 aromatic rings. The van der Waals surface area contributed by atoms with E-state index < -0.39 is 0 Å². The van der Waals surface area contributed by atoms with Gasteiger partial charge in [-0.15, -0.1) is 12.4 Å². The zero-order valence-electron chi connectivity index (χ0n) is 12.1. The molecule has 2 atom stereocenters. The van der Waals surface area contributed by atoms with Gasteiger partial charge in [0, 0.05) is 17.6 Å². The highest BCUT2D eigenvalue weighted by molar-refractivity contribution is 9.10. The summed E-state index contributed by atoms with van der Waals surface area (Å²) in [6, 6.07) is 2.39. The summed E-state index contributed by atoms with van der Waals surface area (Å²) in [5.41, 5.74) is 6.99. The molecule has 1 aromatic heterocycles. The highest BCUT2D eigenvalue weighted by atomic mass is 79.9. The Bertz CT molecular complexity index is 506. The van der Waals surface area contributed by atoms with Gasteiger partial charge in [0.05, 0.1) is 0 Å². The first-order valence-electron chi connectivity index (χ1n) is 7.37. The van der Waals surface area contributed by atoms with Crippen molar-refractivity contribution in [1.82, 2.24) is 5.32 Å². The van der Waals surface area contributed by atoms with Crippen molar-refractivity contribution in [2.75, 3.05) is 0 Å². The lowest BCUT2D eigenvalue weighted by molar-refractivity contribution is 0.0730. The third kappa shape index (κ3) is 3.46. The van der Waals surface area contributed by atoms with Gasteiger partial charge in [-0.25, -0.2) is 0 Å². The Morgan fingerprint density at radius 2 is 2.00 bits per heavy atom. The monoisotopic (exact) mass is 376 g/mol. The Morgan fingerprint density at radius 1 is 1.38 bits per heavy atom. The highest BCUT2D eigenvalue weighted by Crippen LogP contribution is 2.39. The lowest BCUT2D eigenvalue weighted by Crippen LogP contribution is -2.53. The molecular weight excluding hydrogens is 356 g/mol. The number of carbonyl (C=O) groups excluding carboxylic acids is 1. The SMILES string of the molecule is Cc1cc(Br)oc1C(=O)NC1C2CCCC1CC(N)C2.Cl. The minimum atomic E-state index is -0.0921. The van der Waals surface area contributed by atoms with Crippen LogP contribution >= 0.6 is 28.3 Å². The maximum absolute atomic E-state index is 12.4. The first kappa shape index (κ1) is 16.8. The third-order valence-corrected chi connectivity index (χ3v) is 5.16. The van der Waals surface area contributed by atoms with Crippen LogP contribution in [0, 0.1) is 18.8 Å². The van der Waals surface area contributed by atoms with Gasteiger partial charge in [0.25, 0.3) is 5.91 Å². The Labute approximate surface area is 139 Å². The van der Waals surface area contributed by atoms with Crippen molar-refractivity contribution in [1.29, 1.82) is 0 Å². The number of nitrogens with two attached hydrogens (primary N) is 1. The number of amides is 1. The Balaban J connectivity index is 0.00000161. The molecule has 2 aliphatic rings. The Morgan fingerprint density at radius 3 is 2.52 bits per heavy atom. The van der Waals surface area contributed by atoms with Crippen LogP contribution in [0.4, 0.5) is 0 Å². The summed E-state index contributed by atoms with van der Waals surface area (Å²) in [6.07, 6.45) is 5.68. The van der Waals surface area contributed by atoms with Crippen molar-refractivity contribution in [3.05, 3.63) is 22.1 Å². The number of rotatable bonds is 2. The molecule has 4 nitrogen and oxygen atoms in total. The summed E-state index contributed by atoms with van der Waals surface area (Å²) in [5.74, 6) is 1.38. The summed E-state index contributed by atoms with van der Waals surface area (Å²) >= 11 is 3.27. The molecule has 0 aromatic carbocycles. The smallest absolute Gasteiger partial charge is 0.287 e. The van der Waals surface area contributed by atoms with E-state index in [0.29, 0.717) is 28.3 Å². The first-order valence-corrected chi connectivity index (χ1v) is 8.16. The molecule has 21 heavy (non-hydrogen) atoms. The van der Waals surface area contributed by atoms with E-state index in [1.54, 1.807) is 0 Å². The maximum Gasteiger partial charge on any atom is 0.287 e. The van der Waals surface area contributed by atoms with Gasteiger partial charge in [-0.1, -0.05) is 6.42 Å². The van der Waals surface area contributed by atoms with Gasteiger partial charge in [0.15, 0.2) is 10.4 Å². The molecule has 2 fully saturated rings. The van der Waals surface area contributed by atoms with E-state index in [1.165, 1.54) is 19.3 Å². The van der Waals surface area contributed by atoms with Crippen molar-refractivity contribution in [2.45, 2.75) is 51.1 Å². The van der Waals surface area contributed by atoms with E-state index in [2.05, 4.69) is 21.2 Å². The average molecular weight is 378 g/mol. The second-order valence-corrected chi connectivity index (χ2v) is 7.03. The minimum absolute atomic E-state index is 0. The first-order chi connectivity index (χ1) is 9.54. The molecule has 1 amide bonds. The van der Waals surface area contributed by atoms with Crippen LogP contribution in [0.5, 0.6) is 0 Å². The van der Waals surface area contributed by atoms with Crippen LogP contribution in [0.25, 0.3) is 0 Å². The van der Waals surface area contributed by atoms with Crippen LogP contribution < -0.4 is 11.1 Å². The minimum Gasteiger partial charge on any atom is -0.444 e. The van der Waals surface area contributed by atoms with E-state index >= 15 is 0 Å². The number of halogens is 2. The molecule has 2 aliphatic carbocycles. The molecule has 3 N–H and O–H groups in total. The molecule has 0 aliphatic heterocycles. The molecule has 6 heteroatoms. The lowest BCUT2D eigenvalue weighted by Gasteiger charge is -2.45. The van der Waals surface area contributed by atoms with E-state index in [0.717, 1.165) is 18.4 Å². The van der Waals surface area contributed by atoms with Gasteiger partial charge in [-0.3, -0.25) is 4.79 Å². The predicted octanol–water partition coefficient (Wildman–Crippen LogP) is 3.41. The normalized spacial score (nSPS) is 31.4. The highest BCUT2D eigenvalue weighted by Gasteiger charge is 2.40. The van der Waals surface area contributed by atoms with Crippen molar-refractivity contribution in [2.24, 2.45) is 17.6 Å². The molecule has 1 heterocycles. The van der Waals surface area contributed by atoms with E-state index in [1.807, 2.05) is 13.0 Å². The summed E-state index contributed by atoms with van der Waals surface area (Å²) < 4.78 is 6.04. The van der Waals surface area contributed by atoms with Gasteiger partial charge in [0.1, 0.15) is 0 Å². The van der Waals surface area contributed by atoms with Crippen LogP contribution in [-0.4, -0.2) is 18.0 Å². The summed E-state index contributed by atoms with van der Waals surface area (Å²) in [4.78, 5) is 12.4. The topological polar surface area (TPSA) is 68.3 Å². The van der Waals surface area contributed by atoms with Crippen molar-refractivity contribution in [3.63, 3.8) is 0 Å². The molecular formula is C15H22BrClN2O2. The Hall–Kier alpha value is -0.520. The number of carbonyl (C=O) groups is 1. The number of nitrogens with one attached hydrogen (secondary N) is 1. The van der Waals surface area contributed by atoms with Crippen LogP contribution in [-0.2, 0) is 0 Å². The van der Waals surface area contributed by atoms with Gasteiger partial charge in [-0.05, 0) is 66.4 Å². The van der Waals surface area contributed by atoms with Crippen LogP contribution in [0.2, 0.25) is 0 Å². The quantitative estimate of drug-likeness (QED) is 0.830. The van der Waals surface area contributed by atoms with Crippen molar-refractivity contribution < 1.29 is 9.21 Å². The molecule has 3 rings (SSSR count). The van der Waals surface area contributed by atoms with Crippen LogP contribution in [0.1, 0.15) is 48.2 Å². The van der Waals surface area contributed by atoms with Crippen molar-refractivity contribution >= 4 is 34.2 Å². The van der Waals surface area contributed by atoms with Gasteiger partial charge >= 0.3 is 0 Å². The zero-order valence-corrected chi connectivity index (χ0v) is 14.5. The zero-order chi connectivity index (χ0) is 14.3. The number of furan rings is 1. The molecule has 0 radical (unpaired) electrons. The van der Waals surface area contributed by atoms with Crippen molar-refractivity contribution in [3.8, 4) is 0 Å². The fraction of sp³-hybridized carbons (Fsp3) is 0.667.